The molecule has 20 heavy (non-hydrogen) atoms. The maximum absolute atomic E-state index is 5.20. The number of nitrogens with one attached hydrogen (secondary N) is 1. The van der Waals surface area contributed by atoms with Crippen molar-refractivity contribution in [3.8, 4) is 5.75 Å². The maximum Gasteiger partial charge on any atom is 0.118 e. The van der Waals surface area contributed by atoms with E-state index in [1.54, 1.807) is 7.11 Å². The molecule has 0 unspecified atom stereocenters. The molecule has 0 atom stereocenters. The molecule has 3 rings (SSSR count). The average Bonchev–Trinajstić information content (AvgIpc) is 2.73. The van der Waals surface area contributed by atoms with E-state index in [4.69, 9.17) is 4.74 Å². The lowest BCUT2D eigenvalue weighted by Gasteiger charge is -2.37. The first-order chi connectivity index (χ1) is 9.67. The molecule has 2 aromatic rings. The molecule has 1 N–H and O–H groups in total. The van der Waals surface area contributed by atoms with Crippen molar-refractivity contribution < 1.29 is 4.74 Å². The van der Waals surface area contributed by atoms with E-state index in [9.17, 15) is 0 Å². The first-order valence-corrected chi connectivity index (χ1v) is 7.23. The Balaban J connectivity index is 1.58. The van der Waals surface area contributed by atoms with E-state index in [1.807, 2.05) is 0 Å². The lowest BCUT2D eigenvalue weighted by atomic mass is 9.76. The van der Waals surface area contributed by atoms with Crippen molar-refractivity contribution in [1.29, 1.82) is 0 Å². The van der Waals surface area contributed by atoms with Gasteiger partial charge in [0, 0.05) is 17.4 Å². The van der Waals surface area contributed by atoms with Gasteiger partial charge in [0.2, 0.25) is 0 Å². The monoisotopic (exact) mass is 270 g/mol. The van der Waals surface area contributed by atoms with E-state index in [2.05, 4.69) is 60.3 Å². The zero-order valence-corrected chi connectivity index (χ0v) is 12.4. The Morgan fingerprint density at radius 1 is 1.00 bits per heavy atom. The highest BCUT2D eigenvalue weighted by Crippen LogP contribution is 2.38. The summed E-state index contributed by atoms with van der Waals surface area (Å²) in [6.07, 6.45) is 2.40. The summed E-state index contributed by atoms with van der Waals surface area (Å²) < 4.78 is 7.41. The second kappa shape index (κ2) is 5.23. The highest BCUT2D eigenvalue weighted by Gasteiger charge is 2.30. The molecule has 3 nitrogen and oxygen atoms in total. The van der Waals surface area contributed by atoms with Crippen molar-refractivity contribution in [2.75, 3.05) is 12.5 Å². The fourth-order valence-corrected chi connectivity index (χ4v) is 2.93. The minimum Gasteiger partial charge on any atom is -0.497 e. The highest BCUT2D eigenvalue weighted by atomic mass is 16.5. The maximum atomic E-state index is 5.20. The molecule has 1 aliphatic carbocycles. The van der Waals surface area contributed by atoms with Crippen LogP contribution in [0.1, 0.15) is 35.7 Å². The van der Waals surface area contributed by atoms with Crippen LogP contribution in [0.3, 0.4) is 0 Å². The van der Waals surface area contributed by atoms with Crippen molar-refractivity contribution in [2.24, 2.45) is 0 Å². The number of rotatable bonds is 4. The predicted octanol–water partition coefficient (Wildman–Crippen LogP) is 3.60. The van der Waals surface area contributed by atoms with E-state index in [-0.39, 0.29) is 0 Å². The standard InChI is InChI=1S/C17H22N2O/c1-12-4-5-13(2)19(12)18-16-10-15(11-16)14-6-8-17(20-3)9-7-14/h4-9,15-16,18H,10-11H2,1-3H3. The summed E-state index contributed by atoms with van der Waals surface area (Å²) in [5.74, 6) is 1.61. The number of aromatic nitrogens is 1. The lowest BCUT2D eigenvalue weighted by Crippen LogP contribution is -2.39. The Morgan fingerprint density at radius 2 is 1.60 bits per heavy atom. The van der Waals surface area contributed by atoms with Gasteiger partial charge in [-0.05, 0) is 62.4 Å². The van der Waals surface area contributed by atoms with Gasteiger partial charge >= 0.3 is 0 Å². The Kier molecular flexibility index (Phi) is 3.43. The minimum atomic E-state index is 0.576. The van der Waals surface area contributed by atoms with Crippen molar-refractivity contribution in [2.45, 2.75) is 38.6 Å². The Hall–Kier alpha value is -1.90. The fraction of sp³-hybridized carbons (Fsp3) is 0.412. The minimum absolute atomic E-state index is 0.576. The van der Waals surface area contributed by atoms with Gasteiger partial charge in [-0.25, -0.2) is 0 Å². The third-order valence-electron chi connectivity index (χ3n) is 4.31. The third kappa shape index (κ3) is 2.40. The van der Waals surface area contributed by atoms with Gasteiger partial charge in [-0.1, -0.05) is 12.1 Å². The molecule has 0 bridgehead atoms. The van der Waals surface area contributed by atoms with Crippen LogP contribution in [0.5, 0.6) is 5.75 Å². The van der Waals surface area contributed by atoms with Crippen LogP contribution >= 0.6 is 0 Å². The van der Waals surface area contributed by atoms with Crippen LogP contribution in [-0.2, 0) is 0 Å². The molecule has 0 spiro atoms. The third-order valence-corrected chi connectivity index (χ3v) is 4.31. The van der Waals surface area contributed by atoms with E-state index < -0.39 is 0 Å². The molecule has 1 heterocycles. The van der Waals surface area contributed by atoms with Crippen LogP contribution in [0, 0.1) is 13.8 Å². The summed E-state index contributed by atoms with van der Waals surface area (Å²) in [5.41, 5.74) is 7.58. The van der Waals surface area contributed by atoms with Crippen LogP contribution < -0.4 is 10.2 Å². The molecule has 3 heteroatoms. The molecule has 0 radical (unpaired) electrons. The summed E-state index contributed by atoms with van der Waals surface area (Å²) in [4.78, 5) is 0. The predicted molar refractivity (Wildman–Crippen MR) is 82.0 cm³/mol. The van der Waals surface area contributed by atoms with Crippen LogP contribution in [0.25, 0.3) is 0 Å². The van der Waals surface area contributed by atoms with Crippen molar-refractivity contribution in [3.63, 3.8) is 0 Å². The number of ether oxygens (including phenoxy) is 1. The smallest absolute Gasteiger partial charge is 0.118 e. The largest absolute Gasteiger partial charge is 0.497 e. The Morgan fingerprint density at radius 3 is 2.15 bits per heavy atom. The average molecular weight is 270 g/mol. The zero-order valence-electron chi connectivity index (χ0n) is 12.4. The van der Waals surface area contributed by atoms with Gasteiger partial charge in [0.05, 0.1) is 7.11 Å². The molecule has 1 saturated carbocycles. The van der Waals surface area contributed by atoms with Gasteiger partial charge in [-0.2, -0.15) is 0 Å². The molecule has 0 saturated heterocycles. The summed E-state index contributed by atoms with van der Waals surface area (Å²) in [6, 6.07) is 13.4. The first kappa shape index (κ1) is 13.1. The Labute approximate surface area is 120 Å². The number of hydrogen-bond donors (Lipinski definition) is 1. The summed E-state index contributed by atoms with van der Waals surface area (Å²) in [6.45, 7) is 4.28. The molecule has 1 fully saturated rings. The summed E-state index contributed by atoms with van der Waals surface area (Å²) >= 11 is 0. The van der Waals surface area contributed by atoms with Crippen molar-refractivity contribution in [1.82, 2.24) is 4.68 Å². The van der Waals surface area contributed by atoms with Gasteiger partial charge in [0.15, 0.2) is 0 Å². The van der Waals surface area contributed by atoms with Gasteiger partial charge < -0.3 is 10.2 Å². The zero-order chi connectivity index (χ0) is 14.1. The molecule has 0 amide bonds. The molecule has 1 aliphatic rings. The van der Waals surface area contributed by atoms with E-state index in [0.29, 0.717) is 12.0 Å². The van der Waals surface area contributed by atoms with Gasteiger partial charge in [-0.3, -0.25) is 4.68 Å². The second-order valence-corrected chi connectivity index (χ2v) is 5.72. The van der Waals surface area contributed by atoms with E-state index in [0.717, 1.165) is 5.75 Å². The molecule has 1 aromatic carbocycles. The number of nitrogens with zero attached hydrogens (tertiary/aromatic N) is 1. The molecular weight excluding hydrogens is 248 g/mol. The normalized spacial score (nSPS) is 21.4. The SMILES string of the molecule is COc1ccc(C2CC(Nn3c(C)ccc3C)C2)cc1. The Bertz CT molecular complexity index is 560. The molecule has 1 aromatic heterocycles. The quantitative estimate of drug-likeness (QED) is 0.918. The van der Waals surface area contributed by atoms with Crippen LogP contribution in [0.2, 0.25) is 0 Å². The number of hydrogen-bond acceptors (Lipinski definition) is 2. The van der Waals surface area contributed by atoms with Gasteiger partial charge in [-0.15, -0.1) is 0 Å². The van der Waals surface area contributed by atoms with E-state index >= 15 is 0 Å². The molecule has 0 aliphatic heterocycles. The fourth-order valence-electron chi connectivity index (χ4n) is 2.93. The number of benzene rings is 1. The number of aryl methyl sites for hydroxylation is 2. The summed E-state index contributed by atoms with van der Waals surface area (Å²) in [7, 11) is 1.71. The second-order valence-electron chi connectivity index (χ2n) is 5.72. The highest BCUT2D eigenvalue weighted by molar-refractivity contribution is 5.31. The number of methoxy groups -OCH3 is 1. The van der Waals surface area contributed by atoms with Crippen molar-refractivity contribution >= 4 is 0 Å². The molecular formula is C17H22N2O. The lowest BCUT2D eigenvalue weighted by molar-refractivity contribution is 0.349. The van der Waals surface area contributed by atoms with Crippen molar-refractivity contribution in [3.05, 3.63) is 53.3 Å². The topological polar surface area (TPSA) is 26.2 Å². The summed E-state index contributed by atoms with van der Waals surface area (Å²) in [5, 5.41) is 0. The molecule has 106 valence electrons. The van der Waals surface area contributed by atoms with Crippen LogP contribution in [0.4, 0.5) is 0 Å². The van der Waals surface area contributed by atoms with E-state index in [1.165, 1.54) is 29.8 Å². The first-order valence-electron chi connectivity index (χ1n) is 7.23. The van der Waals surface area contributed by atoms with Crippen LogP contribution in [0.15, 0.2) is 36.4 Å². The van der Waals surface area contributed by atoms with Crippen LogP contribution in [-0.4, -0.2) is 17.8 Å². The van der Waals surface area contributed by atoms with Gasteiger partial charge in [0.25, 0.3) is 0 Å². The van der Waals surface area contributed by atoms with Gasteiger partial charge in [0.1, 0.15) is 5.75 Å².